The van der Waals surface area contributed by atoms with Gasteiger partial charge in [0, 0.05) is 40.9 Å². The van der Waals surface area contributed by atoms with Crippen molar-refractivity contribution in [2.24, 2.45) is 0 Å². The van der Waals surface area contributed by atoms with Crippen molar-refractivity contribution in [2.75, 3.05) is 5.32 Å². The molecule has 4 rings (SSSR count). The minimum atomic E-state index is -0.594. The lowest BCUT2D eigenvalue weighted by atomic mass is 10.1. The molecule has 10 heteroatoms. The quantitative estimate of drug-likeness (QED) is 0.228. The van der Waals surface area contributed by atoms with E-state index in [0.29, 0.717) is 29.1 Å². The zero-order valence-electron chi connectivity index (χ0n) is 17.6. The first-order chi connectivity index (χ1) is 15.8. The number of rotatable bonds is 4. The molecule has 0 aliphatic carbocycles. The number of hydrogen-bond acceptors (Lipinski definition) is 7. The molecule has 3 aromatic carbocycles. The molecule has 0 aliphatic heterocycles. The molecule has 2 amide bonds. The maximum atomic E-state index is 12.3. The topological polar surface area (TPSA) is 127 Å². The Labute approximate surface area is 192 Å². The third-order valence-electron chi connectivity index (χ3n) is 4.91. The first kappa shape index (κ1) is 22.0. The molecular formula is C23H18N4O5S. The van der Waals surface area contributed by atoms with Crippen LogP contribution in [0.5, 0.6) is 0 Å². The number of aryl methyl sites for hydroxylation is 1. The SMILES string of the molecule is Cc1ccc2oc(-c3cccc(NC(=O)NSC(=O)c4ccc([N+](=O)[O-])cc4)c3C)nc2c1. The fourth-order valence-corrected chi connectivity index (χ4v) is 3.66. The zero-order valence-corrected chi connectivity index (χ0v) is 18.4. The lowest BCUT2D eigenvalue weighted by Crippen LogP contribution is -2.24. The van der Waals surface area contributed by atoms with Gasteiger partial charge in [-0.05, 0) is 61.4 Å². The molecule has 0 radical (unpaired) electrons. The smallest absolute Gasteiger partial charge is 0.329 e. The number of carbonyl (C=O) groups is 2. The fraction of sp³-hybridized carbons (Fsp3) is 0.0870. The Bertz CT molecular complexity index is 1380. The van der Waals surface area contributed by atoms with Crippen LogP contribution in [-0.4, -0.2) is 21.1 Å². The van der Waals surface area contributed by atoms with Crippen molar-refractivity contribution in [1.82, 2.24) is 9.71 Å². The zero-order chi connectivity index (χ0) is 23.5. The third kappa shape index (κ3) is 4.85. The summed E-state index contributed by atoms with van der Waals surface area (Å²) >= 11 is 0.580. The van der Waals surface area contributed by atoms with E-state index in [1.54, 1.807) is 12.1 Å². The van der Waals surface area contributed by atoms with Gasteiger partial charge in [0.1, 0.15) is 5.52 Å². The summed E-state index contributed by atoms with van der Waals surface area (Å²) in [5.74, 6) is 0.444. The summed E-state index contributed by atoms with van der Waals surface area (Å²) in [4.78, 5) is 39.3. The summed E-state index contributed by atoms with van der Waals surface area (Å²) in [5.41, 5.74) is 4.63. The summed E-state index contributed by atoms with van der Waals surface area (Å²) in [6.07, 6.45) is 0. The number of nitro benzene ring substituents is 1. The highest BCUT2D eigenvalue weighted by Crippen LogP contribution is 2.31. The minimum Gasteiger partial charge on any atom is -0.436 e. The maximum absolute atomic E-state index is 12.3. The van der Waals surface area contributed by atoms with Gasteiger partial charge in [0.05, 0.1) is 4.92 Å². The van der Waals surface area contributed by atoms with E-state index >= 15 is 0 Å². The predicted molar refractivity (Wildman–Crippen MR) is 126 cm³/mol. The highest BCUT2D eigenvalue weighted by molar-refractivity contribution is 8.12. The van der Waals surface area contributed by atoms with Gasteiger partial charge in [-0.1, -0.05) is 12.1 Å². The molecule has 2 N–H and O–H groups in total. The lowest BCUT2D eigenvalue weighted by Gasteiger charge is -2.11. The van der Waals surface area contributed by atoms with Gasteiger partial charge in [-0.2, -0.15) is 0 Å². The van der Waals surface area contributed by atoms with Gasteiger partial charge in [-0.15, -0.1) is 0 Å². The van der Waals surface area contributed by atoms with Crippen LogP contribution < -0.4 is 10.0 Å². The predicted octanol–water partition coefficient (Wildman–Crippen LogP) is 5.63. The Hall–Kier alpha value is -4.18. The van der Waals surface area contributed by atoms with Crippen LogP contribution in [0.4, 0.5) is 16.2 Å². The number of oxazole rings is 1. The van der Waals surface area contributed by atoms with Crippen LogP contribution in [0.2, 0.25) is 0 Å². The van der Waals surface area contributed by atoms with Gasteiger partial charge < -0.3 is 9.73 Å². The van der Waals surface area contributed by atoms with Crippen LogP contribution in [0.15, 0.2) is 65.1 Å². The molecule has 9 nitrogen and oxygen atoms in total. The van der Waals surface area contributed by atoms with Crippen LogP contribution in [0.3, 0.4) is 0 Å². The van der Waals surface area contributed by atoms with E-state index in [2.05, 4.69) is 15.0 Å². The van der Waals surface area contributed by atoms with Crippen molar-refractivity contribution in [1.29, 1.82) is 0 Å². The number of nitro groups is 1. The number of nitrogens with zero attached hydrogens (tertiary/aromatic N) is 2. The van der Waals surface area contributed by atoms with Crippen LogP contribution in [-0.2, 0) is 0 Å². The largest absolute Gasteiger partial charge is 0.436 e. The van der Waals surface area contributed by atoms with Gasteiger partial charge >= 0.3 is 6.03 Å². The van der Waals surface area contributed by atoms with Crippen molar-refractivity contribution in [3.8, 4) is 11.5 Å². The van der Waals surface area contributed by atoms with E-state index in [1.165, 1.54) is 24.3 Å². The summed E-state index contributed by atoms with van der Waals surface area (Å²) in [6.45, 7) is 3.81. The molecule has 4 aromatic rings. The second kappa shape index (κ2) is 9.13. The van der Waals surface area contributed by atoms with Gasteiger partial charge in [-0.3, -0.25) is 19.6 Å². The molecule has 0 saturated heterocycles. The molecule has 0 saturated carbocycles. The van der Waals surface area contributed by atoms with Crippen molar-refractivity contribution < 1.29 is 18.9 Å². The van der Waals surface area contributed by atoms with E-state index in [0.717, 1.165) is 22.2 Å². The Morgan fingerprint density at radius 2 is 1.82 bits per heavy atom. The number of urea groups is 1. The van der Waals surface area contributed by atoms with Gasteiger partial charge in [0.15, 0.2) is 5.58 Å². The normalized spacial score (nSPS) is 10.7. The number of non-ortho nitro benzene ring substituents is 1. The van der Waals surface area contributed by atoms with Gasteiger partial charge in [0.2, 0.25) is 11.0 Å². The van der Waals surface area contributed by atoms with Crippen LogP contribution in [0.1, 0.15) is 21.5 Å². The molecule has 166 valence electrons. The standard InChI is InChI=1S/C23H18N4O5S/c1-13-6-11-20-19(12-13)24-21(32-20)17-4-3-5-18(14(17)2)25-23(29)26-33-22(28)15-7-9-16(10-8-15)27(30)31/h3-12H,1-2H3,(H2,25,26,29). The average molecular weight is 462 g/mol. The molecule has 0 spiro atoms. The number of fused-ring (bicyclic) bond motifs is 1. The molecule has 0 aliphatic rings. The van der Waals surface area contributed by atoms with E-state index in [1.807, 2.05) is 38.1 Å². The van der Waals surface area contributed by atoms with Crippen LogP contribution in [0.25, 0.3) is 22.6 Å². The lowest BCUT2D eigenvalue weighted by molar-refractivity contribution is -0.384. The first-order valence-corrected chi connectivity index (χ1v) is 10.6. The van der Waals surface area contributed by atoms with Crippen LogP contribution >= 0.6 is 11.9 Å². The molecule has 0 atom stereocenters. The van der Waals surface area contributed by atoms with Crippen molar-refractivity contribution >= 4 is 45.6 Å². The highest BCUT2D eigenvalue weighted by Gasteiger charge is 2.16. The van der Waals surface area contributed by atoms with E-state index < -0.39 is 16.1 Å². The molecular weight excluding hydrogens is 444 g/mol. The minimum absolute atomic E-state index is 0.119. The number of hydrogen-bond donors (Lipinski definition) is 2. The molecule has 33 heavy (non-hydrogen) atoms. The second-order valence-corrected chi connectivity index (χ2v) is 8.00. The summed E-state index contributed by atoms with van der Waals surface area (Å²) in [5, 5.41) is 13.0. The average Bonchev–Trinajstić information content (AvgIpc) is 3.21. The monoisotopic (exact) mass is 462 g/mol. The van der Waals surface area contributed by atoms with Gasteiger partial charge in [0.25, 0.3) is 5.69 Å². The Morgan fingerprint density at radius 3 is 2.55 bits per heavy atom. The van der Waals surface area contributed by atoms with E-state index in [-0.39, 0.29) is 11.3 Å². The maximum Gasteiger partial charge on any atom is 0.329 e. The van der Waals surface area contributed by atoms with Crippen LogP contribution in [0, 0.1) is 24.0 Å². The summed E-state index contributed by atoms with van der Waals surface area (Å²) in [6, 6.07) is 15.6. The molecule has 0 unspecified atom stereocenters. The molecule has 0 fully saturated rings. The van der Waals surface area contributed by atoms with Crippen molar-refractivity contribution in [3.63, 3.8) is 0 Å². The van der Waals surface area contributed by atoms with E-state index in [9.17, 15) is 19.7 Å². The number of benzene rings is 3. The Balaban J connectivity index is 1.43. The van der Waals surface area contributed by atoms with Crippen molar-refractivity contribution in [2.45, 2.75) is 13.8 Å². The summed E-state index contributed by atoms with van der Waals surface area (Å²) < 4.78 is 8.30. The third-order valence-corrected chi connectivity index (χ3v) is 5.61. The highest BCUT2D eigenvalue weighted by atomic mass is 32.2. The number of anilines is 1. The second-order valence-electron chi connectivity index (χ2n) is 7.22. The number of nitrogens with one attached hydrogen (secondary N) is 2. The number of aromatic nitrogens is 1. The summed E-state index contributed by atoms with van der Waals surface area (Å²) in [7, 11) is 0. The molecule has 0 bridgehead atoms. The van der Waals surface area contributed by atoms with E-state index in [4.69, 9.17) is 4.42 Å². The Morgan fingerprint density at radius 1 is 1.06 bits per heavy atom. The number of amides is 2. The molecule has 1 aromatic heterocycles. The van der Waals surface area contributed by atoms with Crippen molar-refractivity contribution in [3.05, 3.63) is 87.5 Å². The van der Waals surface area contributed by atoms with Gasteiger partial charge in [-0.25, -0.2) is 9.78 Å². The first-order valence-electron chi connectivity index (χ1n) is 9.81. The number of carbonyl (C=O) groups excluding carboxylic acids is 2. The Kier molecular flexibility index (Phi) is 6.09. The molecule has 1 heterocycles. The fourth-order valence-electron chi connectivity index (χ4n) is 3.17.